The minimum atomic E-state index is -4.34. The predicted octanol–water partition coefficient (Wildman–Crippen LogP) is 3.01. The first-order chi connectivity index (χ1) is 9.34. The van der Waals surface area contributed by atoms with Crippen molar-refractivity contribution in [2.45, 2.75) is 38.4 Å². The highest BCUT2D eigenvalue weighted by Gasteiger charge is 2.30. The Hall–Kier alpha value is -1.56. The molecule has 1 aromatic carbocycles. The minimum Gasteiger partial charge on any atom is -0.350 e. The van der Waals surface area contributed by atoms with Gasteiger partial charge in [0.05, 0.1) is 11.6 Å². The van der Waals surface area contributed by atoms with Crippen LogP contribution in [0.15, 0.2) is 24.3 Å². The van der Waals surface area contributed by atoms with Crippen molar-refractivity contribution >= 4 is 5.91 Å². The van der Waals surface area contributed by atoms with E-state index in [2.05, 4.69) is 5.32 Å². The summed E-state index contributed by atoms with van der Waals surface area (Å²) in [6, 6.07) is 4.49. The quantitative estimate of drug-likeness (QED) is 0.791. The number of hydrogen-bond acceptors (Lipinski definition) is 2. The number of carbonyl (C=O) groups is 1. The van der Waals surface area contributed by atoms with Gasteiger partial charge in [-0.3, -0.25) is 4.79 Å². The largest absolute Gasteiger partial charge is 0.416 e. The predicted molar refractivity (Wildman–Crippen MR) is 70.9 cm³/mol. The smallest absolute Gasteiger partial charge is 0.350 e. The highest BCUT2D eigenvalue weighted by atomic mass is 19.4. The van der Waals surface area contributed by atoms with Crippen molar-refractivity contribution < 1.29 is 18.0 Å². The zero-order chi connectivity index (χ0) is 15.2. The molecule has 1 aromatic rings. The maximum atomic E-state index is 12.4. The van der Waals surface area contributed by atoms with Crippen molar-refractivity contribution in [3.63, 3.8) is 0 Å². The van der Waals surface area contributed by atoms with Crippen molar-refractivity contribution in [2.24, 2.45) is 5.73 Å². The van der Waals surface area contributed by atoms with Crippen molar-refractivity contribution in [3.8, 4) is 0 Å². The van der Waals surface area contributed by atoms with Gasteiger partial charge in [-0.15, -0.1) is 0 Å². The number of alkyl halides is 3. The lowest BCUT2D eigenvalue weighted by atomic mass is 10.1. The third-order valence-electron chi connectivity index (χ3n) is 2.97. The summed E-state index contributed by atoms with van der Waals surface area (Å²) in [6.45, 7) is 2.28. The fourth-order valence-corrected chi connectivity index (χ4v) is 1.79. The van der Waals surface area contributed by atoms with Crippen LogP contribution in [0, 0.1) is 0 Å². The molecule has 1 amide bonds. The van der Waals surface area contributed by atoms with Crippen LogP contribution in [0.1, 0.15) is 43.4 Å². The van der Waals surface area contributed by atoms with Crippen LogP contribution < -0.4 is 11.1 Å². The summed E-state index contributed by atoms with van der Waals surface area (Å²) in [7, 11) is 0. The number of amides is 1. The van der Waals surface area contributed by atoms with Crippen molar-refractivity contribution in [1.82, 2.24) is 5.32 Å². The molecule has 20 heavy (non-hydrogen) atoms. The van der Waals surface area contributed by atoms with Crippen LogP contribution in [0.5, 0.6) is 0 Å². The van der Waals surface area contributed by atoms with Gasteiger partial charge >= 0.3 is 6.18 Å². The standard InChI is InChI=1S/C14H19F3N2O/c1-10(19-13(20)4-2-3-9-18)11-5-7-12(8-6-11)14(15,16)17/h5-8,10H,2-4,9,18H2,1H3,(H,19,20). The van der Waals surface area contributed by atoms with Gasteiger partial charge in [-0.05, 0) is 44.0 Å². The normalized spacial score (nSPS) is 13.1. The van der Waals surface area contributed by atoms with Gasteiger partial charge < -0.3 is 11.1 Å². The Morgan fingerprint density at radius 2 is 1.85 bits per heavy atom. The molecule has 0 bridgehead atoms. The average Bonchev–Trinajstić information content (AvgIpc) is 2.38. The lowest BCUT2D eigenvalue weighted by Crippen LogP contribution is -2.26. The maximum Gasteiger partial charge on any atom is 0.416 e. The van der Waals surface area contributed by atoms with E-state index in [1.54, 1.807) is 6.92 Å². The molecule has 1 rings (SSSR count). The van der Waals surface area contributed by atoms with E-state index in [0.29, 0.717) is 24.9 Å². The monoisotopic (exact) mass is 288 g/mol. The van der Waals surface area contributed by atoms with Crippen LogP contribution in [0.4, 0.5) is 13.2 Å². The van der Waals surface area contributed by atoms with E-state index in [4.69, 9.17) is 5.73 Å². The van der Waals surface area contributed by atoms with Gasteiger partial charge in [0.25, 0.3) is 0 Å². The number of nitrogens with two attached hydrogens (primary N) is 1. The van der Waals surface area contributed by atoms with Crippen molar-refractivity contribution in [2.75, 3.05) is 6.54 Å². The van der Waals surface area contributed by atoms with Gasteiger partial charge in [-0.1, -0.05) is 12.1 Å². The number of carbonyl (C=O) groups excluding carboxylic acids is 1. The second-order valence-electron chi connectivity index (χ2n) is 4.65. The van der Waals surface area contributed by atoms with Crippen LogP contribution in [-0.2, 0) is 11.0 Å². The summed E-state index contributed by atoms with van der Waals surface area (Å²) < 4.78 is 37.3. The molecule has 0 aliphatic carbocycles. The zero-order valence-electron chi connectivity index (χ0n) is 11.3. The Bertz CT molecular complexity index is 429. The number of hydrogen-bond donors (Lipinski definition) is 2. The van der Waals surface area contributed by atoms with Crippen molar-refractivity contribution in [1.29, 1.82) is 0 Å². The summed E-state index contributed by atoms with van der Waals surface area (Å²) in [5, 5.41) is 2.75. The molecule has 1 unspecified atom stereocenters. The topological polar surface area (TPSA) is 55.1 Å². The molecule has 3 nitrogen and oxygen atoms in total. The second-order valence-corrected chi connectivity index (χ2v) is 4.65. The molecule has 0 fully saturated rings. The van der Waals surface area contributed by atoms with Gasteiger partial charge in [0, 0.05) is 6.42 Å². The van der Waals surface area contributed by atoms with E-state index in [9.17, 15) is 18.0 Å². The lowest BCUT2D eigenvalue weighted by molar-refractivity contribution is -0.137. The van der Waals surface area contributed by atoms with Crippen LogP contribution in [0.2, 0.25) is 0 Å². The van der Waals surface area contributed by atoms with E-state index in [-0.39, 0.29) is 11.9 Å². The molecule has 0 aliphatic heterocycles. The summed E-state index contributed by atoms with van der Waals surface area (Å²) in [5.74, 6) is -0.120. The Morgan fingerprint density at radius 1 is 1.25 bits per heavy atom. The first kappa shape index (κ1) is 16.5. The molecule has 3 N–H and O–H groups in total. The molecule has 0 heterocycles. The third kappa shape index (κ3) is 5.21. The number of nitrogens with one attached hydrogen (secondary N) is 1. The highest BCUT2D eigenvalue weighted by molar-refractivity contribution is 5.76. The molecule has 1 atom stereocenters. The van der Waals surface area contributed by atoms with Gasteiger partial charge in [-0.25, -0.2) is 0 Å². The van der Waals surface area contributed by atoms with Crippen molar-refractivity contribution in [3.05, 3.63) is 35.4 Å². The Kier molecular flexibility index (Phi) is 6.01. The van der Waals surface area contributed by atoms with Crippen LogP contribution in [-0.4, -0.2) is 12.5 Å². The Morgan fingerprint density at radius 3 is 2.35 bits per heavy atom. The van der Waals surface area contributed by atoms with Gasteiger partial charge in [0.2, 0.25) is 5.91 Å². The van der Waals surface area contributed by atoms with E-state index in [1.807, 2.05) is 0 Å². The van der Waals surface area contributed by atoms with E-state index in [0.717, 1.165) is 18.6 Å². The fourth-order valence-electron chi connectivity index (χ4n) is 1.79. The number of rotatable bonds is 6. The Balaban J connectivity index is 2.55. The minimum absolute atomic E-state index is 0.120. The van der Waals surface area contributed by atoms with Gasteiger partial charge in [0.15, 0.2) is 0 Å². The molecular formula is C14H19F3N2O. The summed E-state index contributed by atoms with van der Waals surface area (Å²) >= 11 is 0. The number of benzene rings is 1. The zero-order valence-corrected chi connectivity index (χ0v) is 11.3. The summed E-state index contributed by atoms with van der Waals surface area (Å²) in [5.41, 5.74) is 5.28. The molecule has 0 aromatic heterocycles. The van der Waals surface area contributed by atoms with Gasteiger partial charge in [0.1, 0.15) is 0 Å². The molecule has 6 heteroatoms. The van der Waals surface area contributed by atoms with Crippen LogP contribution >= 0.6 is 0 Å². The third-order valence-corrected chi connectivity index (χ3v) is 2.97. The maximum absolute atomic E-state index is 12.4. The van der Waals surface area contributed by atoms with E-state index < -0.39 is 11.7 Å². The second kappa shape index (κ2) is 7.28. The molecule has 112 valence electrons. The molecule has 0 saturated carbocycles. The lowest BCUT2D eigenvalue weighted by Gasteiger charge is -2.15. The molecule has 0 spiro atoms. The first-order valence-corrected chi connectivity index (χ1v) is 6.51. The van der Waals surface area contributed by atoms with E-state index in [1.165, 1.54) is 12.1 Å². The molecule has 0 radical (unpaired) electrons. The Labute approximate surface area is 116 Å². The molecule has 0 aliphatic rings. The average molecular weight is 288 g/mol. The highest BCUT2D eigenvalue weighted by Crippen LogP contribution is 2.29. The first-order valence-electron chi connectivity index (χ1n) is 6.51. The number of halogens is 3. The molecular weight excluding hydrogens is 269 g/mol. The van der Waals surface area contributed by atoms with Crippen LogP contribution in [0.25, 0.3) is 0 Å². The summed E-state index contributed by atoms with van der Waals surface area (Å²) in [4.78, 5) is 11.6. The van der Waals surface area contributed by atoms with Crippen LogP contribution in [0.3, 0.4) is 0 Å². The van der Waals surface area contributed by atoms with Gasteiger partial charge in [-0.2, -0.15) is 13.2 Å². The van der Waals surface area contributed by atoms with E-state index >= 15 is 0 Å². The summed E-state index contributed by atoms with van der Waals surface area (Å²) in [6.07, 6.45) is -2.47. The fraction of sp³-hybridized carbons (Fsp3) is 0.500. The number of unbranched alkanes of at least 4 members (excludes halogenated alkanes) is 1. The molecule has 0 saturated heterocycles. The SMILES string of the molecule is CC(NC(=O)CCCCN)c1ccc(C(F)(F)F)cc1.